The van der Waals surface area contributed by atoms with E-state index in [1.807, 2.05) is 0 Å². The molecule has 0 radical (unpaired) electrons. The zero-order chi connectivity index (χ0) is 12.5. The van der Waals surface area contributed by atoms with Crippen LogP contribution < -0.4 is 0 Å². The molecule has 0 aliphatic carbocycles. The van der Waals surface area contributed by atoms with E-state index >= 15 is 0 Å². The molecule has 1 unspecified atom stereocenters. The number of thiocarbonyl (C=S) groups is 1. The summed E-state index contributed by atoms with van der Waals surface area (Å²) in [5.74, 6) is 0. The van der Waals surface area contributed by atoms with Crippen molar-refractivity contribution in [3.63, 3.8) is 0 Å². The summed E-state index contributed by atoms with van der Waals surface area (Å²) in [6.45, 7) is 3.10. The summed E-state index contributed by atoms with van der Waals surface area (Å²) in [7, 11) is 0. The first-order valence-corrected chi connectivity index (χ1v) is 6.68. The molecule has 2 heteroatoms. The quantitative estimate of drug-likeness (QED) is 0.749. The highest BCUT2D eigenvalue weighted by Crippen LogP contribution is 2.38. The van der Waals surface area contributed by atoms with Crippen molar-refractivity contribution in [2.24, 2.45) is 0 Å². The molecule has 0 aromatic heterocycles. The maximum Gasteiger partial charge on any atom is 0.110 e. The van der Waals surface area contributed by atoms with E-state index < -0.39 is 0 Å². The largest absolute Gasteiger partial charge is 0.351 e. The van der Waals surface area contributed by atoms with Crippen molar-refractivity contribution in [2.45, 2.75) is 13.0 Å². The average Bonchev–Trinajstić information content (AvgIpc) is 2.73. The number of benzene rings is 2. The van der Waals surface area contributed by atoms with E-state index in [9.17, 15) is 0 Å². The predicted octanol–water partition coefficient (Wildman–Crippen LogP) is 3.79. The normalized spacial score (nSPS) is 17.9. The van der Waals surface area contributed by atoms with E-state index in [0.29, 0.717) is 0 Å². The molecular weight excluding hydrogens is 238 g/mol. The van der Waals surface area contributed by atoms with E-state index in [4.69, 9.17) is 12.2 Å². The Labute approximate surface area is 113 Å². The lowest BCUT2D eigenvalue weighted by atomic mass is 9.98. The van der Waals surface area contributed by atoms with Gasteiger partial charge < -0.3 is 4.90 Å². The molecule has 1 atom stereocenters. The van der Waals surface area contributed by atoms with Gasteiger partial charge >= 0.3 is 0 Å². The zero-order valence-electron chi connectivity index (χ0n) is 10.3. The van der Waals surface area contributed by atoms with Crippen LogP contribution in [0.25, 0.3) is 0 Å². The Balaban J connectivity index is 2.16. The van der Waals surface area contributed by atoms with Gasteiger partial charge in [0.1, 0.15) is 4.99 Å². The summed E-state index contributed by atoms with van der Waals surface area (Å²) < 4.78 is 0. The van der Waals surface area contributed by atoms with Gasteiger partial charge in [0.2, 0.25) is 0 Å². The van der Waals surface area contributed by atoms with Crippen molar-refractivity contribution >= 4 is 17.2 Å². The molecule has 0 spiro atoms. The summed E-state index contributed by atoms with van der Waals surface area (Å²) in [5, 5.41) is 0. The number of rotatable bonds is 2. The second-order valence-electron chi connectivity index (χ2n) is 4.49. The fraction of sp³-hybridized carbons (Fsp3) is 0.188. The Kier molecular flexibility index (Phi) is 2.88. The third-order valence-electron chi connectivity index (χ3n) is 3.51. The Morgan fingerprint density at radius 3 is 2.39 bits per heavy atom. The first-order chi connectivity index (χ1) is 8.83. The SMILES string of the molecule is CCN1C(=S)c2ccccc2C1c1ccccc1. The fourth-order valence-electron chi connectivity index (χ4n) is 2.69. The standard InChI is InChI=1S/C16H15NS/c1-2-17-15(12-8-4-3-5-9-12)13-10-6-7-11-14(13)16(17)18/h3-11,15H,2H2,1H3. The van der Waals surface area contributed by atoms with Crippen LogP contribution in [0.1, 0.15) is 29.7 Å². The Bertz CT molecular complexity index is 577. The molecule has 1 heterocycles. The van der Waals surface area contributed by atoms with Crippen molar-refractivity contribution in [3.05, 3.63) is 71.3 Å². The topological polar surface area (TPSA) is 3.24 Å². The van der Waals surface area contributed by atoms with Crippen molar-refractivity contribution in [1.29, 1.82) is 0 Å². The molecule has 18 heavy (non-hydrogen) atoms. The minimum atomic E-state index is 0.278. The summed E-state index contributed by atoms with van der Waals surface area (Å²) in [4.78, 5) is 3.27. The van der Waals surface area contributed by atoms with Gasteiger partial charge in [0.15, 0.2) is 0 Å². The average molecular weight is 253 g/mol. The molecule has 1 aliphatic heterocycles. The monoisotopic (exact) mass is 253 g/mol. The van der Waals surface area contributed by atoms with E-state index in [-0.39, 0.29) is 6.04 Å². The molecule has 2 aromatic carbocycles. The molecule has 0 amide bonds. The fourth-order valence-corrected chi connectivity index (χ4v) is 3.11. The minimum absolute atomic E-state index is 0.278. The Hall–Kier alpha value is -1.67. The lowest BCUT2D eigenvalue weighted by Gasteiger charge is -2.26. The van der Waals surface area contributed by atoms with Gasteiger partial charge in [-0.3, -0.25) is 0 Å². The van der Waals surface area contributed by atoms with Gasteiger partial charge in [-0.1, -0.05) is 66.8 Å². The van der Waals surface area contributed by atoms with E-state index in [1.54, 1.807) is 0 Å². The van der Waals surface area contributed by atoms with Gasteiger partial charge in [-0.25, -0.2) is 0 Å². The molecule has 1 nitrogen and oxygen atoms in total. The van der Waals surface area contributed by atoms with Crippen LogP contribution in [0, 0.1) is 0 Å². The van der Waals surface area contributed by atoms with E-state index in [1.165, 1.54) is 16.7 Å². The molecule has 2 aromatic rings. The van der Waals surface area contributed by atoms with Gasteiger partial charge in [-0.2, -0.15) is 0 Å². The molecule has 0 bridgehead atoms. The van der Waals surface area contributed by atoms with E-state index in [2.05, 4.69) is 66.4 Å². The smallest absolute Gasteiger partial charge is 0.110 e. The summed E-state index contributed by atoms with van der Waals surface area (Å²) >= 11 is 5.60. The van der Waals surface area contributed by atoms with Gasteiger partial charge in [0.25, 0.3) is 0 Å². The molecule has 0 N–H and O–H groups in total. The van der Waals surface area contributed by atoms with Crippen molar-refractivity contribution in [3.8, 4) is 0 Å². The lowest BCUT2D eigenvalue weighted by molar-refractivity contribution is 0.399. The predicted molar refractivity (Wildman–Crippen MR) is 78.8 cm³/mol. The maximum atomic E-state index is 5.60. The van der Waals surface area contributed by atoms with E-state index in [0.717, 1.165) is 11.5 Å². The molecule has 1 aliphatic rings. The highest BCUT2D eigenvalue weighted by molar-refractivity contribution is 7.80. The van der Waals surface area contributed by atoms with Crippen LogP contribution in [0.4, 0.5) is 0 Å². The van der Waals surface area contributed by atoms with Crippen LogP contribution in [0.15, 0.2) is 54.6 Å². The van der Waals surface area contributed by atoms with Gasteiger partial charge in [0.05, 0.1) is 6.04 Å². The number of hydrogen-bond acceptors (Lipinski definition) is 1. The number of nitrogens with zero attached hydrogens (tertiary/aromatic N) is 1. The number of fused-ring (bicyclic) bond motifs is 1. The van der Waals surface area contributed by atoms with Crippen molar-refractivity contribution < 1.29 is 0 Å². The summed E-state index contributed by atoms with van der Waals surface area (Å²) in [5.41, 5.74) is 3.85. The maximum absolute atomic E-state index is 5.60. The highest BCUT2D eigenvalue weighted by atomic mass is 32.1. The van der Waals surface area contributed by atoms with Crippen molar-refractivity contribution in [1.82, 2.24) is 4.90 Å². The first kappa shape index (κ1) is 11.4. The summed E-state index contributed by atoms with van der Waals surface area (Å²) in [6.07, 6.45) is 0. The van der Waals surface area contributed by atoms with Crippen LogP contribution in [-0.2, 0) is 0 Å². The lowest BCUT2D eigenvalue weighted by Crippen LogP contribution is -2.27. The van der Waals surface area contributed by atoms with Gasteiger partial charge in [-0.05, 0) is 18.1 Å². The second-order valence-corrected chi connectivity index (χ2v) is 4.88. The summed E-state index contributed by atoms with van der Waals surface area (Å²) in [6, 6.07) is 19.3. The van der Waals surface area contributed by atoms with Crippen molar-refractivity contribution in [2.75, 3.05) is 6.54 Å². The number of hydrogen-bond donors (Lipinski definition) is 0. The van der Waals surface area contributed by atoms with Crippen LogP contribution in [-0.4, -0.2) is 16.4 Å². The van der Waals surface area contributed by atoms with Crippen LogP contribution >= 0.6 is 12.2 Å². The zero-order valence-corrected chi connectivity index (χ0v) is 11.2. The van der Waals surface area contributed by atoms with Crippen LogP contribution in [0.5, 0.6) is 0 Å². The first-order valence-electron chi connectivity index (χ1n) is 6.27. The van der Waals surface area contributed by atoms with Crippen LogP contribution in [0.3, 0.4) is 0 Å². The Morgan fingerprint density at radius 2 is 1.67 bits per heavy atom. The molecule has 90 valence electrons. The third-order valence-corrected chi connectivity index (χ3v) is 3.97. The minimum Gasteiger partial charge on any atom is -0.351 e. The molecule has 3 rings (SSSR count). The van der Waals surface area contributed by atoms with Gasteiger partial charge in [-0.15, -0.1) is 0 Å². The Morgan fingerprint density at radius 1 is 1.00 bits per heavy atom. The van der Waals surface area contributed by atoms with Gasteiger partial charge in [0, 0.05) is 12.1 Å². The molecule has 0 fully saturated rings. The molecule has 0 saturated carbocycles. The molecular formula is C16H15NS. The second kappa shape index (κ2) is 4.54. The third kappa shape index (κ3) is 1.65. The van der Waals surface area contributed by atoms with Crippen LogP contribution in [0.2, 0.25) is 0 Å². The molecule has 0 saturated heterocycles. The highest BCUT2D eigenvalue weighted by Gasteiger charge is 2.33.